The van der Waals surface area contributed by atoms with Gasteiger partial charge in [0.15, 0.2) is 10.9 Å². The van der Waals surface area contributed by atoms with Crippen LogP contribution in [0.25, 0.3) is 0 Å². The molecule has 6 nitrogen and oxygen atoms in total. The first kappa shape index (κ1) is 20.3. The average Bonchev–Trinajstić information content (AvgIpc) is 2.98. The highest BCUT2D eigenvalue weighted by molar-refractivity contribution is 8.00. The first-order valence-corrected chi connectivity index (χ1v) is 11.1. The van der Waals surface area contributed by atoms with Gasteiger partial charge in [-0.1, -0.05) is 60.6 Å². The number of rotatable bonds is 6. The van der Waals surface area contributed by atoms with Crippen LogP contribution < -0.4 is 5.32 Å². The van der Waals surface area contributed by atoms with E-state index in [4.69, 9.17) is 0 Å². The largest absolute Gasteiger partial charge is 0.325 e. The molecule has 0 saturated heterocycles. The third-order valence-electron chi connectivity index (χ3n) is 5.18. The normalized spacial score (nSPS) is 14.4. The molecule has 4 rings (SSSR count). The first-order chi connectivity index (χ1) is 14.6. The number of nitrogens with one attached hydrogen (secondary N) is 1. The second kappa shape index (κ2) is 9.26. The SMILES string of the molecule is CC(=O)c1cccc(NC(=O)C(Sc2nnc3n2CCCCC3)c2ccccc2)c1. The Morgan fingerprint density at radius 1 is 1.03 bits per heavy atom. The molecule has 0 spiro atoms. The van der Waals surface area contributed by atoms with Crippen molar-refractivity contribution in [2.45, 2.75) is 49.6 Å². The van der Waals surface area contributed by atoms with Gasteiger partial charge in [-0.25, -0.2) is 0 Å². The van der Waals surface area contributed by atoms with Crippen LogP contribution in [-0.2, 0) is 17.8 Å². The van der Waals surface area contributed by atoms with Crippen molar-refractivity contribution in [1.29, 1.82) is 0 Å². The lowest BCUT2D eigenvalue weighted by atomic mass is 10.1. The molecular weight excluding hydrogens is 396 g/mol. The van der Waals surface area contributed by atoms with Crippen LogP contribution in [-0.4, -0.2) is 26.5 Å². The fraction of sp³-hybridized carbons (Fsp3) is 0.304. The number of fused-ring (bicyclic) bond motifs is 1. The lowest BCUT2D eigenvalue weighted by Crippen LogP contribution is -2.20. The van der Waals surface area contributed by atoms with E-state index in [0.717, 1.165) is 42.4 Å². The van der Waals surface area contributed by atoms with E-state index in [-0.39, 0.29) is 11.7 Å². The van der Waals surface area contributed by atoms with Gasteiger partial charge in [0.05, 0.1) is 0 Å². The standard InChI is InChI=1S/C23H24N4O2S/c1-16(28)18-11-8-12-19(15-18)24-22(29)21(17-9-4-2-5-10-17)30-23-26-25-20-13-6-3-7-14-27(20)23/h2,4-5,8-12,15,21H,3,6-7,13-14H2,1H3,(H,24,29). The highest BCUT2D eigenvalue weighted by atomic mass is 32.2. The molecule has 1 amide bonds. The van der Waals surface area contributed by atoms with E-state index in [1.807, 2.05) is 30.3 Å². The summed E-state index contributed by atoms with van der Waals surface area (Å²) in [5, 5.41) is 12.0. The zero-order chi connectivity index (χ0) is 20.9. The van der Waals surface area contributed by atoms with Crippen molar-refractivity contribution in [2.75, 3.05) is 5.32 Å². The molecule has 0 aliphatic carbocycles. The van der Waals surface area contributed by atoms with Crippen molar-refractivity contribution in [3.8, 4) is 0 Å². The number of carbonyl (C=O) groups is 2. The third kappa shape index (κ3) is 4.62. The van der Waals surface area contributed by atoms with Crippen LogP contribution in [0.15, 0.2) is 59.8 Å². The average molecular weight is 421 g/mol. The van der Waals surface area contributed by atoms with E-state index in [1.54, 1.807) is 24.3 Å². The summed E-state index contributed by atoms with van der Waals surface area (Å²) in [6.45, 7) is 2.40. The van der Waals surface area contributed by atoms with Gasteiger partial charge in [0.25, 0.3) is 0 Å². The molecule has 1 aromatic heterocycles. The molecule has 7 heteroatoms. The van der Waals surface area contributed by atoms with E-state index in [2.05, 4.69) is 20.1 Å². The Labute approximate surface area is 180 Å². The maximum atomic E-state index is 13.3. The van der Waals surface area contributed by atoms with Crippen LogP contribution in [0.5, 0.6) is 0 Å². The molecule has 30 heavy (non-hydrogen) atoms. The Balaban J connectivity index is 1.61. The second-order valence-electron chi connectivity index (χ2n) is 7.40. The number of ketones is 1. The van der Waals surface area contributed by atoms with E-state index in [9.17, 15) is 9.59 Å². The van der Waals surface area contributed by atoms with Crippen molar-refractivity contribution in [1.82, 2.24) is 14.8 Å². The van der Waals surface area contributed by atoms with Crippen molar-refractivity contribution >= 4 is 29.1 Å². The topological polar surface area (TPSA) is 76.9 Å². The maximum Gasteiger partial charge on any atom is 0.242 e. The second-order valence-corrected chi connectivity index (χ2v) is 8.47. The van der Waals surface area contributed by atoms with Crippen molar-refractivity contribution in [2.24, 2.45) is 0 Å². The summed E-state index contributed by atoms with van der Waals surface area (Å²) >= 11 is 1.42. The summed E-state index contributed by atoms with van der Waals surface area (Å²) in [5.41, 5.74) is 2.07. The van der Waals surface area contributed by atoms with Gasteiger partial charge in [0, 0.05) is 24.2 Å². The summed E-state index contributed by atoms with van der Waals surface area (Å²) in [6, 6.07) is 16.7. The highest BCUT2D eigenvalue weighted by Crippen LogP contribution is 2.36. The summed E-state index contributed by atoms with van der Waals surface area (Å²) in [6.07, 6.45) is 4.33. The first-order valence-electron chi connectivity index (χ1n) is 10.2. The molecular formula is C23H24N4O2S. The number of hydrogen-bond donors (Lipinski definition) is 1. The van der Waals surface area contributed by atoms with Gasteiger partial charge < -0.3 is 9.88 Å². The molecule has 154 valence electrons. The van der Waals surface area contributed by atoms with E-state index < -0.39 is 5.25 Å². The van der Waals surface area contributed by atoms with Gasteiger partial charge in [0.2, 0.25) is 5.91 Å². The van der Waals surface area contributed by atoms with Crippen molar-refractivity contribution in [3.05, 3.63) is 71.5 Å². The number of carbonyl (C=O) groups excluding carboxylic acids is 2. The molecule has 0 radical (unpaired) electrons. The number of Topliss-reactive ketones (excluding diaryl/α,β-unsaturated/α-hetero) is 1. The zero-order valence-electron chi connectivity index (χ0n) is 16.9. The number of thioether (sulfide) groups is 1. The van der Waals surface area contributed by atoms with Gasteiger partial charge in [-0.2, -0.15) is 0 Å². The molecule has 2 heterocycles. The predicted molar refractivity (Wildman–Crippen MR) is 118 cm³/mol. The number of nitrogens with zero attached hydrogens (tertiary/aromatic N) is 3. The molecule has 2 aromatic carbocycles. The lowest BCUT2D eigenvalue weighted by Gasteiger charge is -2.17. The van der Waals surface area contributed by atoms with Crippen LogP contribution in [0.3, 0.4) is 0 Å². The van der Waals surface area contributed by atoms with Crippen LogP contribution in [0.1, 0.15) is 53.2 Å². The van der Waals surface area contributed by atoms with Gasteiger partial charge in [-0.3, -0.25) is 9.59 Å². The minimum Gasteiger partial charge on any atom is -0.325 e. The molecule has 3 aromatic rings. The number of amides is 1. The van der Waals surface area contributed by atoms with E-state index >= 15 is 0 Å². The zero-order valence-corrected chi connectivity index (χ0v) is 17.7. The fourth-order valence-electron chi connectivity index (χ4n) is 3.58. The Morgan fingerprint density at radius 3 is 2.67 bits per heavy atom. The molecule has 1 atom stereocenters. The molecule has 1 N–H and O–H groups in total. The molecule has 0 fully saturated rings. The van der Waals surface area contributed by atoms with Gasteiger partial charge in [0.1, 0.15) is 11.1 Å². The maximum absolute atomic E-state index is 13.3. The number of hydrogen-bond acceptors (Lipinski definition) is 5. The molecule has 1 unspecified atom stereocenters. The Morgan fingerprint density at radius 2 is 1.87 bits per heavy atom. The van der Waals surface area contributed by atoms with E-state index in [0.29, 0.717) is 11.3 Å². The van der Waals surface area contributed by atoms with Crippen LogP contribution >= 0.6 is 11.8 Å². The molecule has 0 saturated carbocycles. The van der Waals surface area contributed by atoms with Gasteiger partial charge >= 0.3 is 0 Å². The van der Waals surface area contributed by atoms with Crippen LogP contribution in [0, 0.1) is 0 Å². The number of aromatic nitrogens is 3. The number of benzene rings is 2. The molecule has 0 bridgehead atoms. The minimum atomic E-state index is -0.483. The summed E-state index contributed by atoms with van der Waals surface area (Å²) < 4.78 is 2.15. The quantitative estimate of drug-likeness (QED) is 0.463. The van der Waals surface area contributed by atoms with Crippen LogP contribution in [0.2, 0.25) is 0 Å². The molecule has 1 aliphatic rings. The molecule has 1 aliphatic heterocycles. The summed E-state index contributed by atoms with van der Waals surface area (Å²) in [5.74, 6) is 0.806. The third-order valence-corrected chi connectivity index (χ3v) is 6.41. The van der Waals surface area contributed by atoms with Gasteiger partial charge in [-0.15, -0.1) is 10.2 Å². The van der Waals surface area contributed by atoms with Gasteiger partial charge in [-0.05, 0) is 37.5 Å². The Hall–Kier alpha value is -2.93. The monoisotopic (exact) mass is 420 g/mol. The van der Waals surface area contributed by atoms with Crippen molar-refractivity contribution in [3.63, 3.8) is 0 Å². The minimum absolute atomic E-state index is 0.0359. The number of anilines is 1. The fourth-order valence-corrected chi connectivity index (χ4v) is 4.66. The Bertz CT molecular complexity index is 1050. The van der Waals surface area contributed by atoms with Crippen LogP contribution in [0.4, 0.5) is 5.69 Å². The lowest BCUT2D eigenvalue weighted by molar-refractivity contribution is -0.115. The smallest absolute Gasteiger partial charge is 0.242 e. The number of aryl methyl sites for hydroxylation is 1. The van der Waals surface area contributed by atoms with Crippen molar-refractivity contribution < 1.29 is 9.59 Å². The Kier molecular flexibility index (Phi) is 6.28. The van der Waals surface area contributed by atoms with E-state index in [1.165, 1.54) is 25.1 Å². The highest BCUT2D eigenvalue weighted by Gasteiger charge is 2.26. The summed E-state index contributed by atoms with van der Waals surface area (Å²) in [7, 11) is 0. The summed E-state index contributed by atoms with van der Waals surface area (Å²) in [4.78, 5) is 25.0. The predicted octanol–water partition coefficient (Wildman–Crippen LogP) is 4.68.